The topological polar surface area (TPSA) is 98.7 Å². The second-order valence-corrected chi connectivity index (χ2v) is 4.50. The number of imide groups is 1. The fourth-order valence-electron chi connectivity index (χ4n) is 2.44. The molecule has 3 amide bonds. The van der Waals surface area contributed by atoms with E-state index in [9.17, 15) is 9.59 Å². The third-order valence-electron chi connectivity index (χ3n) is 3.26. The van der Waals surface area contributed by atoms with Crippen molar-refractivity contribution in [2.45, 2.75) is 12.8 Å². The van der Waals surface area contributed by atoms with E-state index in [1.54, 1.807) is 30.3 Å². The number of fused-ring (bicyclic) bond motifs is 1. The Morgan fingerprint density at radius 2 is 2.24 bits per heavy atom. The Bertz CT molecular complexity index is 710. The van der Waals surface area contributed by atoms with Gasteiger partial charge in [0.05, 0.1) is 12.3 Å². The van der Waals surface area contributed by atoms with Crippen molar-refractivity contribution in [3.63, 3.8) is 0 Å². The van der Waals surface area contributed by atoms with E-state index in [1.165, 1.54) is 0 Å². The Labute approximate surface area is 120 Å². The molecule has 7 nitrogen and oxygen atoms in total. The van der Waals surface area contributed by atoms with Gasteiger partial charge in [0.15, 0.2) is 5.76 Å². The first-order valence-corrected chi connectivity index (χ1v) is 6.45. The maximum Gasteiger partial charge on any atom is 0.326 e. The van der Waals surface area contributed by atoms with Crippen LogP contribution in [0.2, 0.25) is 0 Å². The van der Waals surface area contributed by atoms with E-state index in [-0.39, 0.29) is 0 Å². The largest absolute Gasteiger partial charge is 0.476 e. The maximum atomic E-state index is 12.5. The molecule has 0 saturated heterocycles. The average molecular weight is 287 g/mol. The smallest absolute Gasteiger partial charge is 0.326 e. The third-order valence-corrected chi connectivity index (χ3v) is 3.26. The van der Waals surface area contributed by atoms with Crippen LogP contribution < -0.4 is 15.4 Å². The SMILES string of the molecule is CCOc1cc(C2C(=O)N(C(N)=O)c3ccccc32)on1. The number of benzene rings is 1. The van der Waals surface area contributed by atoms with E-state index in [0.717, 1.165) is 4.90 Å². The van der Waals surface area contributed by atoms with Crippen LogP contribution in [-0.4, -0.2) is 23.7 Å². The number of rotatable bonds is 3. The van der Waals surface area contributed by atoms with Crippen LogP contribution in [0.1, 0.15) is 24.2 Å². The predicted molar refractivity (Wildman–Crippen MR) is 73.0 cm³/mol. The van der Waals surface area contributed by atoms with Crippen molar-refractivity contribution in [1.82, 2.24) is 5.16 Å². The molecule has 1 aliphatic rings. The quantitative estimate of drug-likeness (QED) is 0.925. The summed E-state index contributed by atoms with van der Waals surface area (Å²) in [5.41, 5.74) is 6.41. The van der Waals surface area contributed by atoms with Gasteiger partial charge in [-0.3, -0.25) is 4.79 Å². The zero-order valence-electron chi connectivity index (χ0n) is 11.3. The van der Waals surface area contributed by atoms with Gasteiger partial charge in [-0.1, -0.05) is 18.2 Å². The summed E-state index contributed by atoms with van der Waals surface area (Å²) in [6.07, 6.45) is 0. The van der Waals surface area contributed by atoms with Gasteiger partial charge in [-0.2, -0.15) is 0 Å². The lowest BCUT2D eigenvalue weighted by molar-refractivity contribution is -0.118. The van der Waals surface area contributed by atoms with Crippen LogP contribution in [-0.2, 0) is 4.79 Å². The van der Waals surface area contributed by atoms with Crippen molar-refractivity contribution in [2.75, 3.05) is 11.5 Å². The lowest BCUT2D eigenvalue weighted by Gasteiger charge is -2.11. The number of hydrogen-bond donors (Lipinski definition) is 1. The molecule has 2 heterocycles. The number of hydrogen-bond acceptors (Lipinski definition) is 5. The zero-order valence-corrected chi connectivity index (χ0v) is 11.3. The minimum absolute atomic E-state index is 0.301. The number of carbonyl (C=O) groups excluding carboxylic acids is 2. The summed E-state index contributed by atoms with van der Waals surface area (Å²) in [6.45, 7) is 2.26. The van der Waals surface area contributed by atoms with Crippen LogP contribution in [0, 0.1) is 0 Å². The lowest BCUT2D eigenvalue weighted by Crippen LogP contribution is -2.39. The van der Waals surface area contributed by atoms with Crippen LogP contribution >= 0.6 is 0 Å². The van der Waals surface area contributed by atoms with Crippen molar-refractivity contribution in [2.24, 2.45) is 5.73 Å². The number of anilines is 1. The van der Waals surface area contributed by atoms with Crippen molar-refractivity contribution in [3.05, 3.63) is 41.7 Å². The first kappa shape index (κ1) is 13.2. The number of nitrogens with two attached hydrogens (primary N) is 1. The highest BCUT2D eigenvalue weighted by Gasteiger charge is 2.42. The number of nitrogens with zero attached hydrogens (tertiary/aromatic N) is 2. The standard InChI is InChI=1S/C14H13N3O4/c1-2-20-11-7-10(21-16-11)12-8-5-3-4-6-9(8)17(13(12)18)14(15)19/h3-7,12H,2H2,1H3,(H2,15,19). The average Bonchev–Trinajstić information content (AvgIpc) is 3.00. The number of ether oxygens (including phenoxy) is 1. The maximum absolute atomic E-state index is 12.5. The third kappa shape index (κ3) is 2.03. The Kier molecular flexibility index (Phi) is 3.09. The summed E-state index contributed by atoms with van der Waals surface area (Å²) >= 11 is 0. The molecule has 2 N–H and O–H groups in total. The van der Waals surface area contributed by atoms with E-state index in [2.05, 4.69) is 5.16 Å². The van der Waals surface area contributed by atoms with Gasteiger partial charge in [-0.05, 0) is 23.7 Å². The highest BCUT2D eigenvalue weighted by molar-refractivity contribution is 6.21. The summed E-state index contributed by atoms with van der Waals surface area (Å²) in [4.78, 5) is 24.9. The van der Waals surface area contributed by atoms with Crippen LogP contribution in [0.4, 0.5) is 10.5 Å². The number of carbonyl (C=O) groups is 2. The number of urea groups is 1. The molecule has 3 rings (SSSR count). The zero-order chi connectivity index (χ0) is 15.0. The van der Waals surface area contributed by atoms with Crippen LogP contribution in [0.25, 0.3) is 0 Å². The van der Waals surface area contributed by atoms with E-state index in [1.807, 2.05) is 6.92 Å². The first-order chi connectivity index (χ1) is 10.1. The van der Waals surface area contributed by atoms with E-state index in [0.29, 0.717) is 29.5 Å². The second kappa shape index (κ2) is 4.93. The van der Waals surface area contributed by atoms with Gasteiger partial charge >= 0.3 is 6.03 Å². The lowest BCUT2D eigenvalue weighted by atomic mass is 9.98. The van der Waals surface area contributed by atoms with Crippen molar-refractivity contribution < 1.29 is 18.8 Å². The fraction of sp³-hybridized carbons (Fsp3) is 0.214. The molecular weight excluding hydrogens is 274 g/mol. The minimum Gasteiger partial charge on any atom is -0.476 e. The van der Waals surface area contributed by atoms with Gasteiger partial charge in [-0.25, -0.2) is 9.69 Å². The Morgan fingerprint density at radius 1 is 1.48 bits per heavy atom. The molecule has 1 atom stereocenters. The summed E-state index contributed by atoms with van der Waals surface area (Å²) in [6, 6.07) is 7.66. The Balaban J connectivity index is 2.06. The van der Waals surface area contributed by atoms with Crippen molar-refractivity contribution in [3.8, 4) is 5.88 Å². The normalized spacial score (nSPS) is 16.9. The summed E-state index contributed by atoms with van der Waals surface area (Å²) in [5.74, 6) is -0.576. The van der Waals surface area contributed by atoms with Gasteiger partial charge in [0, 0.05) is 6.07 Å². The van der Waals surface area contributed by atoms with E-state index < -0.39 is 17.9 Å². The molecule has 1 aromatic carbocycles. The molecule has 1 aliphatic heterocycles. The summed E-state index contributed by atoms with van der Waals surface area (Å²) < 4.78 is 10.4. The van der Waals surface area contributed by atoms with E-state index in [4.69, 9.17) is 15.0 Å². The molecule has 0 fully saturated rings. The highest BCUT2D eigenvalue weighted by atomic mass is 16.5. The van der Waals surface area contributed by atoms with Gasteiger partial charge in [-0.15, -0.1) is 0 Å². The minimum atomic E-state index is -0.820. The van der Waals surface area contributed by atoms with Gasteiger partial charge in [0.1, 0.15) is 5.92 Å². The number of amides is 3. The number of para-hydroxylation sites is 1. The Morgan fingerprint density at radius 3 is 2.95 bits per heavy atom. The van der Waals surface area contributed by atoms with Gasteiger partial charge in [0.2, 0.25) is 0 Å². The summed E-state index contributed by atoms with van der Waals surface area (Å²) in [5, 5.41) is 3.74. The molecule has 1 unspecified atom stereocenters. The van der Waals surface area contributed by atoms with Gasteiger partial charge < -0.3 is 15.0 Å². The molecule has 0 aliphatic carbocycles. The van der Waals surface area contributed by atoms with Crippen LogP contribution in [0.5, 0.6) is 5.88 Å². The molecule has 7 heteroatoms. The van der Waals surface area contributed by atoms with Crippen LogP contribution in [0.3, 0.4) is 0 Å². The fourth-order valence-corrected chi connectivity index (χ4v) is 2.44. The van der Waals surface area contributed by atoms with Gasteiger partial charge in [0.25, 0.3) is 11.8 Å². The molecule has 0 bridgehead atoms. The molecule has 0 spiro atoms. The molecular formula is C14H13N3O4. The van der Waals surface area contributed by atoms with E-state index >= 15 is 0 Å². The Hall–Kier alpha value is -2.83. The number of aromatic nitrogens is 1. The molecule has 1 aromatic heterocycles. The van der Waals surface area contributed by atoms with Crippen LogP contribution in [0.15, 0.2) is 34.9 Å². The van der Waals surface area contributed by atoms with Crippen molar-refractivity contribution in [1.29, 1.82) is 0 Å². The monoisotopic (exact) mass is 287 g/mol. The molecule has 21 heavy (non-hydrogen) atoms. The molecule has 108 valence electrons. The second-order valence-electron chi connectivity index (χ2n) is 4.50. The highest BCUT2D eigenvalue weighted by Crippen LogP contribution is 2.41. The predicted octanol–water partition coefficient (Wildman–Crippen LogP) is 1.63. The molecule has 0 radical (unpaired) electrons. The van der Waals surface area contributed by atoms with Crippen molar-refractivity contribution >= 4 is 17.6 Å². The first-order valence-electron chi connectivity index (χ1n) is 6.45. The number of primary amides is 1. The molecule has 2 aromatic rings. The molecule has 0 saturated carbocycles. The summed E-state index contributed by atoms with van der Waals surface area (Å²) in [7, 11) is 0.